The Morgan fingerprint density at radius 1 is 1.44 bits per heavy atom. The first-order valence-electron chi connectivity index (χ1n) is 5.16. The van der Waals surface area contributed by atoms with Gasteiger partial charge in [0.2, 0.25) is 0 Å². The number of aromatic nitrogens is 3. The van der Waals surface area contributed by atoms with Crippen molar-refractivity contribution < 1.29 is 13.2 Å². The van der Waals surface area contributed by atoms with E-state index in [1.165, 1.54) is 6.26 Å². The van der Waals surface area contributed by atoms with Crippen molar-refractivity contribution in [3.05, 3.63) is 16.6 Å². The van der Waals surface area contributed by atoms with Crippen LogP contribution in [0.5, 0.6) is 5.75 Å². The van der Waals surface area contributed by atoms with E-state index in [1.54, 1.807) is 17.9 Å². The summed E-state index contributed by atoms with van der Waals surface area (Å²) < 4.78 is 29.9. The Labute approximate surface area is 113 Å². The molecule has 0 atom stereocenters. The molecule has 98 valence electrons. The average Bonchev–Trinajstić information content (AvgIpc) is 2.71. The van der Waals surface area contributed by atoms with E-state index in [0.717, 1.165) is 9.99 Å². The van der Waals surface area contributed by atoms with Gasteiger partial charge in [0.05, 0.1) is 19.4 Å². The van der Waals surface area contributed by atoms with Crippen LogP contribution >= 0.6 is 15.9 Å². The van der Waals surface area contributed by atoms with Crippen molar-refractivity contribution in [2.75, 3.05) is 19.1 Å². The fourth-order valence-corrected chi connectivity index (χ4v) is 2.62. The first-order valence-corrected chi connectivity index (χ1v) is 8.01. The van der Waals surface area contributed by atoms with Crippen LogP contribution in [0, 0.1) is 0 Å². The number of halogens is 1. The summed E-state index contributed by atoms with van der Waals surface area (Å²) in [6.07, 6.45) is 1.20. The second-order valence-corrected chi connectivity index (χ2v) is 7.00. The SMILES string of the molecule is COc1ccc(Br)c2c1nnn2CCS(C)(=O)=O. The van der Waals surface area contributed by atoms with Gasteiger partial charge in [-0.3, -0.25) is 0 Å². The zero-order chi connectivity index (χ0) is 13.3. The quantitative estimate of drug-likeness (QED) is 0.841. The van der Waals surface area contributed by atoms with Gasteiger partial charge in [0.25, 0.3) is 0 Å². The maximum Gasteiger partial charge on any atom is 0.156 e. The minimum absolute atomic E-state index is 0.0229. The second kappa shape index (κ2) is 4.85. The van der Waals surface area contributed by atoms with Crippen molar-refractivity contribution in [1.29, 1.82) is 0 Å². The predicted molar refractivity (Wildman–Crippen MR) is 71.5 cm³/mol. The van der Waals surface area contributed by atoms with E-state index in [-0.39, 0.29) is 12.3 Å². The monoisotopic (exact) mass is 333 g/mol. The summed E-state index contributed by atoms with van der Waals surface area (Å²) in [4.78, 5) is 0. The third-order valence-electron chi connectivity index (χ3n) is 2.47. The van der Waals surface area contributed by atoms with Crippen molar-refractivity contribution in [2.45, 2.75) is 6.54 Å². The number of sulfone groups is 1. The summed E-state index contributed by atoms with van der Waals surface area (Å²) >= 11 is 3.40. The molecule has 0 fully saturated rings. The summed E-state index contributed by atoms with van der Waals surface area (Å²) in [5.74, 6) is 0.633. The van der Waals surface area contributed by atoms with Gasteiger partial charge in [-0.2, -0.15) is 0 Å². The number of fused-ring (bicyclic) bond motifs is 1. The first kappa shape index (κ1) is 13.3. The Morgan fingerprint density at radius 3 is 2.78 bits per heavy atom. The molecule has 0 saturated carbocycles. The Kier molecular flexibility index (Phi) is 3.58. The molecule has 8 heteroatoms. The smallest absolute Gasteiger partial charge is 0.156 e. The number of methoxy groups -OCH3 is 1. The van der Waals surface area contributed by atoms with E-state index in [0.29, 0.717) is 11.3 Å². The Balaban J connectivity index is 2.47. The lowest BCUT2D eigenvalue weighted by Crippen LogP contribution is -2.12. The molecule has 0 aliphatic rings. The molecular formula is C10H12BrN3O3S. The summed E-state index contributed by atoms with van der Waals surface area (Å²) in [5.41, 5.74) is 1.35. The van der Waals surface area contributed by atoms with E-state index in [9.17, 15) is 8.42 Å². The number of benzene rings is 1. The standard InChI is InChI=1S/C10H12BrN3O3S/c1-17-8-4-3-7(11)10-9(8)12-13-14(10)5-6-18(2,15)16/h3-4H,5-6H2,1-2H3. The van der Waals surface area contributed by atoms with Crippen molar-refractivity contribution in [2.24, 2.45) is 0 Å². The van der Waals surface area contributed by atoms with Gasteiger partial charge in [-0.1, -0.05) is 5.21 Å². The van der Waals surface area contributed by atoms with Crippen molar-refractivity contribution in [1.82, 2.24) is 15.0 Å². The maximum atomic E-state index is 11.2. The maximum absolute atomic E-state index is 11.2. The Morgan fingerprint density at radius 2 is 2.17 bits per heavy atom. The highest BCUT2D eigenvalue weighted by molar-refractivity contribution is 9.10. The molecule has 18 heavy (non-hydrogen) atoms. The summed E-state index contributed by atoms with van der Waals surface area (Å²) in [7, 11) is -1.48. The number of hydrogen-bond donors (Lipinski definition) is 0. The van der Waals surface area contributed by atoms with Gasteiger partial charge in [0.15, 0.2) is 5.52 Å². The molecule has 0 saturated heterocycles. The topological polar surface area (TPSA) is 74.1 Å². The van der Waals surface area contributed by atoms with Crippen molar-refractivity contribution >= 4 is 36.8 Å². The zero-order valence-corrected chi connectivity index (χ0v) is 12.3. The summed E-state index contributed by atoms with van der Waals surface area (Å²) in [5, 5.41) is 7.97. The van der Waals surface area contributed by atoms with Gasteiger partial charge in [-0.25, -0.2) is 13.1 Å². The van der Waals surface area contributed by atoms with E-state index >= 15 is 0 Å². The number of nitrogens with zero attached hydrogens (tertiary/aromatic N) is 3. The molecular weight excluding hydrogens is 322 g/mol. The van der Waals surface area contributed by atoms with Gasteiger partial charge in [-0.05, 0) is 28.1 Å². The van der Waals surface area contributed by atoms with Gasteiger partial charge in [-0.15, -0.1) is 5.10 Å². The average molecular weight is 334 g/mol. The largest absolute Gasteiger partial charge is 0.494 e. The Bertz CT molecular complexity index is 681. The number of ether oxygens (including phenoxy) is 1. The lowest BCUT2D eigenvalue weighted by Gasteiger charge is -2.04. The van der Waals surface area contributed by atoms with E-state index < -0.39 is 9.84 Å². The number of hydrogen-bond acceptors (Lipinski definition) is 5. The van der Waals surface area contributed by atoms with Crippen LogP contribution in [-0.2, 0) is 16.4 Å². The molecule has 1 aromatic heterocycles. The highest BCUT2D eigenvalue weighted by Gasteiger charge is 2.14. The van der Waals surface area contributed by atoms with Crippen LogP contribution in [0.25, 0.3) is 11.0 Å². The third kappa shape index (κ3) is 2.64. The molecule has 0 spiro atoms. The summed E-state index contributed by atoms with van der Waals surface area (Å²) in [6.45, 7) is 0.265. The predicted octanol–water partition coefficient (Wildman–Crippen LogP) is 1.25. The molecule has 1 aromatic carbocycles. The molecule has 0 bridgehead atoms. The molecule has 0 aliphatic heterocycles. The van der Waals surface area contributed by atoms with E-state index in [4.69, 9.17) is 4.74 Å². The third-order valence-corrected chi connectivity index (χ3v) is 4.03. The first-order chi connectivity index (χ1) is 8.42. The summed E-state index contributed by atoms with van der Waals surface area (Å²) in [6, 6.07) is 3.60. The minimum atomic E-state index is -3.03. The molecule has 2 rings (SSSR count). The van der Waals surface area contributed by atoms with Gasteiger partial charge in [0.1, 0.15) is 21.1 Å². The Hall–Kier alpha value is -1.15. The van der Waals surface area contributed by atoms with Crippen LogP contribution in [-0.4, -0.2) is 42.5 Å². The fraction of sp³-hybridized carbons (Fsp3) is 0.400. The minimum Gasteiger partial charge on any atom is -0.494 e. The lowest BCUT2D eigenvalue weighted by molar-refractivity contribution is 0.418. The van der Waals surface area contributed by atoms with Crippen LogP contribution in [0.4, 0.5) is 0 Å². The highest BCUT2D eigenvalue weighted by atomic mass is 79.9. The molecule has 0 N–H and O–H groups in total. The van der Waals surface area contributed by atoms with Crippen molar-refractivity contribution in [3.8, 4) is 5.75 Å². The van der Waals surface area contributed by atoms with E-state index in [2.05, 4.69) is 26.2 Å². The van der Waals surface area contributed by atoms with Crippen LogP contribution in [0.1, 0.15) is 0 Å². The highest BCUT2D eigenvalue weighted by Crippen LogP contribution is 2.29. The van der Waals surface area contributed by atoms with Gasteiger partial charge in [0, 0.05) is 10.7 Å². The number of aryl methyl sites for hydroxylation is 1. The second-order valence-electron chi connectivity index (χ2n) is 3.89. The van der Waals surface area contributed by atoms with Crippen LogP contribution in [0.2, 0.25) is 0 Å². The zero-order valence-electron chi connectivity index (χ0n) is 9.92. The normalized spacial score (nSPS) is 11.9. The van der Waals surface area contributed by atoms with E-state index in [1.807, 2.05) is 6.07 Å². The molecule has 0 amide bonds. The van der Waals surface area contributed by atoms with Gasteiger partial charge < -0.3 is 4.74 Å². The molecule has 2 aromatic rings. The lowest BCUT2D eigenvalue weighted by atomic mass is 10.3. The molecule has 0 radical (unpaired) electrons. The van der Waals surface area contributed by atoms with Crippen LogP contribution < -0.4 is 4.74 Å². The molecule has 1 heterocycles. The number of rotatable bonds is 4. The van der Waals surface area contributed by atoms with Crippen LogP contribution in [0.15, 0.2) is 16.6 Å². The van der Waals surface area contributed by atoms with Gasteiger partial charge >= 0.3 is 0 Å². The molecule has 0 aliphatic carbocycles. The van der Waals surface area contributed by atoms with Crippen molar-refractivity contribution in [3.63, 3.8) is 0 Å². The molecule has 0 unspecified atom stereocenters. The van der Waals surface area contributed by atoms with Crippen LogP contribution in [0.3, 0.4) is 0 Å². The molecule has 6 nitrogen and oxygen atoms in total. The fourth-order valence-electron chi connectivity index (χ4n) is 1.60.